The molecule has 0 aliphatic heterocycles. The molecule has 94 valence electrons. The normalized spacial score (nSPS) is 15.3. The van der Waals surface area contributed by atoms with Crippen LogP contribution in [-0.4, -0.2) is 35.6 Å². The Morgan fingerprint density at radius 3 is 2.94 bits per heavy atom. The van der Waals surface area contributed by atoms with E-state index >= 15 is 0 Å². The minimum absolute atomic E-state index is 0.661. The van der Waals surface area contributed by atoms with Crippen molar-refractivity contribution in [3.63, 3.8) is 0 Å². The molecule has 17 heavy (non-hydrogen) atoms. The molecule has 1 fully saturated rings. The fourth-order valence-electron chi connectivity index (χ4n) is 1.90. The van der Waals surface area contributed by atoms with Crippen molar-refractivity contribution in [3.8, 4) is 0 Å². The molecule has 1 aliphatic carbocycles. The fourth-order valence-corrected chi connectivity index (χ4v) is 2.60. The summed E-state index contributed by atoms with van der Waals surface area (Å²) in [6.07, 6.45) is 4.46. The highest BCUT2D eigenvalue weighted by atomic mass is 79.9. The highest BCUT2D eigenvalue weighted by Gasteiger charge is 2.27. The summed E-state index contributed by atoms with van der Waals surface area (Å²) in [6, 6.07) is 2.67. The molecular formula is C12H17BrClN3. The molecule has 1 aromatic heterocycles. The van der Waals surface area contributed by atoms with E-state index in [1.54, 1.807) is 6.20 Å². The van der Waals surface area contributed by atoms with E-state index in [1.165, 1.54) is 12.8 Å². The summed E-state index contributed by atoms with van der Waals surface area (Å²) in [4.78, 5) is 6.75. The Bertz CT molecular complexity index is 382. The van der Waals surface area contributed by atoms with Crippen LogP contribution >= 0.6 is 27.5 Å². The first-order chi connectivity index (χ1) is 8.20. The number of pyridine rings is 1. The molecule has 1 aliphatic rings. The highest BCUT2D eigenvalue weighted by Crippen LogP contribution is 2.26. The Morgan fingerprint density at radius 2 is 2.35 bits per heavy atom. The Kier molecular flexibility index (Phi) is 4.65. The lowest BCUT2D eigenvalue weighted by Gasteiger charge is -2.20. The van der Waals surface area contributed by atoms with Gasteiger partial charge in [-0.05, 0) is 41.4 Å². The summed E-state index contributed by atoms with van der Waals surface area (Å²) in [5.74, 6) is 0.765. The van der Waals surface area contributed by atoms with Crippen LogP contribution in [0.4, 0.5) is 5.82 Å². The lowest BCUT2D eigenvalue weighted by molar-refractivity contribution is 0.289. The van der Waals surface area contributed by atoms with Crippen LogP contribution in [0.25, 0.3) is 0 Å². The van der Waals surface area contributed by atoms with Gasteiger partial charge in [-0.25, -0.2) is 4.98 Å². The first-order valence-electron chi connectivity index (χ1n) is 5.99. The minimum atomic E-state index is 0.661. The first-order valence-corrected chi connectivity index (χ1v) is 7.16. The third kappa shape index (κ3) is 3.83. The van der Waals surface area contributed by atoms with Gasteiger partial charge in [-0.2, -0.15) is 0 Å². The zero-order valence-electron chi connectivity index (χ0n) is 9.92. The third-order valence-electron chi connectivity index (χ3n) is 2.97. The second-order valence-electron chi connectivity index (χ2n) is 4.27. The van der Waals surface area contributed by atoms with Crippen LogP contribution in [0, 0.1) is 0 Å². The molecule has 1 N–H and O–H groups in total. The standard InChI is InChI=1S/C12H17BrClN3/c1-2-17(10-3-4-10)6-5-15-12-11(14)7-9(13)8-16-12/h7-8,10H,2-6H2,1H3,(H,15,16). The summed E-state index contributed by atoms with van der Waals surface area (Å²) < 4.78 is 0.904. The maximum atomic E-state index is 6.08. The predicted octanol–water partition coefficient (Wildman–Crippen LogP) is 3.39. The van der Waals surface area contributed by atoms with Crippen LogP contribution in [0.3, 0.4) is 0 Å². The molecular weight excluding hydrogens is 302 g/mol. The molecule has 5 heteroatoms. The minimum Gasteiger partial charge on any atom is -0.368 e. The van der Waals surface area contributed by atoms with Gasteiger partial charge in [-0.1, -0.05) is 18.5 Å². The van der Waals surface area contributed by atoms with Gasteiger partial charge in [-0.15, -0.1) is 0 Å². The van der Waals surface area contributed by atoms with Crippen molar-refractivity contribution in [2.24, 2.45) is 0 Å². The molecule has 2 rings (SSSR count). The molecule has 0 spiro atoms. The lowest BCUT2D eigenvalue weighted by Crippen LogP contribution is -2.31. The van der Waals surface area contributed by atoms with E-state index in [4.69, 9.17) is 11.6 Å². The SMILES string of the molecule is CCN(CCNc1ncc(Br)cc1Cl)C1CC1. The largest absolute Gasteiger partial charge is 0.368 e. The van der Waals surface area contributed by atoms with Gasteiger partial charge in [0.05, 0.1) is 5.02 Å². The number of nitrogens with zero attached hydrogens (tertiary/aromatic N) is 2. The maximum absolute atomic E-state index is 6.08. The van der Waals surface area contributed by atoms with E-state index in [0.29, 0.717) is 5.02 Å². The first kappa shape index (κ1) is 13.1. The molecule has 3 nitrogen and oxygen atoms in total. The predicted molar refractivity (Wildman–Crippen MR) is 75.7 cm³/mol. The molecule has 0 amide bonds. The van der Waals surface area contributed by atoms with Crippen molar-refractivity contribution in [3.05, 3.63) is 21.8 Å². The van der Waals surface area contributed by atoms with Crippen molar-refractivity contribution in [1.82, 2.24) is 9.88 Å². The average molecular weight is 319 g/mol. The summed E-state index contributed by atoms with van der Waals surface area (Å²) in [5.41, 5.74) is 0. The van der Waals surface area contributed by atoms with Gasteiger partial charge in [0.1, 0.15) is 5.82 Å². The third-order valence-corrected chi connectivity index (χ3v) is 3.69. The lowest BCUT2D eigenvalue weighted by atomic mass is 10.4. The molecule has 0 bridgehead atoms. The average Bonchev–Trinajstić information content (AvgIpc) is 3.11. The molecule has 0 radical (unpaired) electrons. The van der Waals surface area contributed by atoms with Gasteiger partial charge < -0.3 is 5.32 Å². The van der Waals surface area contributed by atoms with Crippen LogP contribution in [0.5, 0.6) is 0 Å². The van der Waals surface area contributed by atoms with Gasteiger partial charge in [0.15, 0.2) is 0 Å². The number of hydrogen-bond donors (Lipinski definition) is 1. The molecule has 1 saturated carbocycles. The topological polar surface area (TPSA) is 28.2 Å². The van der Waals surface area contributed by atoms with E-state index in [1.807, 2.05) is 6.07 Å². The number of hydrogen-bond acceptors (Lipinski definition) is 3. The molecule has 1 heterocycles. The van der Waals surface area contributed by atoms with Crippen LogP contribution < -0.4 is 5.32 Å². The Balaban J connectivity index is 1.80. The molecule has 0 unspecified atom stereocenters. The molecule has 0 atom stereocenters. The van der Waals surface area contributed by atoms with Crippen molar-refractivity contribution in [2.75, 3.05) is 25.0 Å². The molecule has 1 aromatic rings. The number of rotatable bonds is 6. The Morgan fingerprint density at radius 1 is 1.59 bits per heavy atom. The van der Waals surface area contributed by atoms with Crippen molar-refractivity contribution < 1.29 is 0 Å². The molecule has 0 aromatic carbocycles. The summed E-state index contributed by atoms with van der Waals surface area (Å²) >= 11 is 9.43. The summed E-state index contributed by atoms with van der Waals surface area (Å²) in [5, 5.41) is 3.94. The zero-order chi connectivity index (χ0) is 12.3. The quantitative estimate of drug-likeness (QED) is 0.871. The van der Waals surface area contributed by atoms with E-state index < -0.39 is 0 Å². The van der Waals surface area contributed by atoms with Gasteiger partial charge in [0.25, 0.3) is 0 Å². The van der Waals surface area contributed by atoms with Gasteiger partial charge in [0, 0.05) is 29.8 Å². The van der Waals surface area contributed by atoms with Gasteiger partial charge in [0.2, 0.25) is 0 Å². The number of nitrogens with one attached hydrogen (secondary N) is 1. The van der Waals surface area contributed by atoms with Gasteiger partial charge >= 0.3 is 0 Å². The smallest absolute Gasteiger partial charge is 0.144 e. The second-order valence-corrected chi connectivity index (χ2v) is 5.59. The Hall–Kier alpha value is -0.320. The van der Waals surface area contributed by atoms with Crippen molar-refractivity contribution in [2.45, 2.75) is 25.8 Å². The number of aromatic nitrogens is 1. The summed E-state index contributed by atoms with van der Waals surface area (Å²) in [7, 11) is 0. The number of anilines is 1. The van der Waals surface area contributed by atoms with Crippen LogP contribution in [-0.2, 0) is 0 Å². The molecule has 0 saturated heterocycles. The maximum Gasteiger partial charge on any atom is 0.144 e. The monoisotopic (exact) mass is 317 g/mol. The van der Waals surface area contributed by atoms with Crippen LogP contribution in [0.1, 0.15) is 19.8 Å². The van der Waals surface area contributed by atoms with Crippen LogP contribution in [0.2, 0.25) is 5.02 Å². The highest BCUT2D eigenvalue weighted by molar-refractivity contribution is 9.10. The fraction of sp³-hybridized carbons (Fsp3) is 0.583. The van der Waals surface area contributed by atoms with E-state index in [0.717, 1.165) is 36.0 Å². The second kappa shape index (κ2) is 6.03. The van der Waals surface area contributed by atoms with E-state index in [2.05, 4.69) is 38.1 Å². The zero-order valence-corrected chi connectivity index (χ0v) is 12.3. The summed E-state index contributed by atoms with van der Waals surface area (Å²) in [6.45, 7) is 5.27. The number of likely N-dealkylation sites (N-methyl/N-ethyl adjacent to an activating group) is 1. The van der Waals surface area contributed by atoms with Crippen LogP contribution in [0.15, 0.2) is 16.7 Å². The van der Waals surface area contributed by atoms with E-state index in [9.17, 15) is 0 Å². The van der Waals surface area contributed by atoms with Gasteiger partial charge in [-0.3, -0.25) is 4.90 Å². The van der Waals surface area contributed by atoms with E-state index in [-0.39, 0.29) is 0 Å². The van der Waals surface area contributed by atoms with Crippen molar-refractivity contribution >= 4 is 33.3 Å². The number of halogens is 2. The Labute approximate surface area is 116 Å². The van der Waals surface area contributed by atoms with Crippen molar-refractivity contribution in [1.29, 1.82) is 0 Å².